The van der Waals surface area contributed by atoms with Gasteiger partial charge in [0.15, 0.2) is 4.34 Å². The van der Waals surface area contributed by atoms with Crippen molar-refractivity contribution in [2.24, 2.45) is 0 Å². The maximum absolute atomic E-state index is 5.53. The monoisotopic (exact) mass is 308 g/mol. The highest BCUT2D eigenvalue weighted by atomic mass is 32.2. The second-order valence-corrected chi connectivity index (χ2v) is 6.66. The van der Waals surface area contributed by atoms with E-state index in [1.54, 1.807) is 30.2 Å². The van der Waals surface area contributed by atoms with Gasteiger partial charge in [0.25, 0.3) is 0 Å². The number of thiazole rings is 1. The first-order valence-electron chi connectivity index (χ1n) is 6.66. The summed E-state index contributed by atoms with van der Waals surface area (Å²) in [4.78, 5) is 5.73. The average Bonchev–Trinajstić information content (AvgIpc) is 2.84. The van der Waals surface area contributed by atoms with Gasteiger partial charge < -0.3 is 10.1 Å². The van der Waals surface area contributed by atoms with Crippen LogP contribution in [0, 0.1) is 6.92 Å². The molecule has 108 valence electrons. The van der Waals surface area contributed by atoms with Crippen molar-refractivity contribution >= 4 is 23.1 Å². The highest BCUT2D eigenvalue weighted by molar-refractivity contribution is 8.01. The van der Waals surface area contributed by atoms with Crippen molar-refractivity contribution in [3.05, 3.63) is 34.8 Å². The molecule has 0 saturated carbocycles. The molecule has 5 heteroatoms. The molecule has 1 aromatic heterocycles. The van der Waals surface area contributed by atoms with E-state index in [0.717, 1.165) is 22.3 Å². The first-order valence-corrected chi connectivity index (χ1v) is 8.35. The van der Waals surface area contributed by atoms with Crippen molar-refractivity contribution in [1.29, 1.82) is 0 Å². The van der Waals surface area contributed by atoms with Crippen LogP contribution in [0.1, 0.15) is 31.1 Å². The molecule has 2 rings (SSSR count). The smallest absolute Gasteiger partial charge is 0.154 e. The number of aromatic nitrogens is 1. The van der Waals surface area contributed by atoms with E-state index in [-0.39, 0.29) is 6.04 Å². The zero-order valence-electron chi connectivity index (χ0n) is 12.3. The molecule has 1 aromatic carbocycles. The maximum atomic E-state index is 5.53. The predicted molar refractivity (Wildman–Crippen MR) is 86.1 cm³/mol. The van der Waals surface area contributed by atoms with Crippen LogP contribution in [0.2, 0.25) is 0 Å². The van der Waals surface area contributed by atoms with Gasteiger partial charge in [-0.05, 0) is 32.5 Å². The number of hydrogen-bond donors (Lipinski definition) is 1. The molecule has 1 heterocycles. The Kier molecular flexibility index (Phi) is 5.46. The highest BCUT2D eigenvalue weighted by Gasteiger charge is 2.17. The summed E-state index contributed by atoms with van der Waals surface area (Å²) in [5.41, 5.74) is 2.27. The van der Waals surface area contributed by atoms with Crippen molar-refractivity contribution in [2.75, 3.05) is 13.7 Å². The first-order chi connectivity index (χ1) is 9.65. The van der Waals surface area contributed by atoms with Crippen LogP contribution in [0.15, 0.2) is 32.8 Å². The van der Waals surface area contributed by atoms with E-state index in [1.165, 1.54) is 10.5 Å². The number of aryl methyl sites for hydroxylation is 1. The minimum Gasteiger partial charge on any atom is -0.496 e. The van der Waals surface area contributed by atoms with Crippen LogP contribution < -0.4 is 10.1 Å². The molecule has 20 heavy (non-hydrogen) atoms. The van der Waals surface area contributed by atoms with Gasteiger partial charge in [-0.15, -0.1) is 11.3 Å². The molecule has 1 unspecified atom stereocenters. The van der Waals surface area contributed by atoms with Crippen LogP contribution in [0.25, 0.3) is 0 Å². The summed E-state index contributed by atoms with van der Waals surface area (Å²) in [6.07, 6.45) is 0. The molecule has 1 N–H and O–H groups in total. The van der Waals surface area contributed by atoms with Gasteiger partial charge in [0.2, 0.25) is 0 Å². The Balaban J connectivity index is 2.35. The maximum Gasteiger partial charge on any atom is 0.154 e. The summed E-state index contributed by atoms with van der Waals surface area (Å²) in [7, 11) is 1.72. The van der Waals surface area contributed by atoms with Crippen LogP contribution in [0.5, 0.6) is 5.75 Å². The Hall–Kier alpha value is -1.04. The zero-order valence-corrected chi connectivity index (χ0v) is 13.9. The fourth-order valence-electron chi connectivity index (χ4n) is 2.10. The lowest BCUT2D eigenvalue weighted by atomic mass is 10.1. The highest BCUT2D eigenvalue weighted by Crippen LogP contribution is 2.39. The predicted octanol–water partition coefficient (Wildman–Crippen LogP) is 4.28. The summed E-state index contributed by atoms with van der Waals surface area (Å²) in [5, 5.41) is 5.54. The second kappa shape index (κ2) is 7.11. The molecule has 0 saturated heterocycles. The average molecular weight is 308 g/mol. The fourth-order valence-corrected chi connectivity index (χ4v) is 4.14. The molecule has 0 radical (unpaired) electrons. The molecule has 0 fully saturated rings. The van der Waals surface area contributed by atoms with Gasteiger partial charge in [0, 0.05) is 27.6 Å². The topological polar surface area (TPSA) is 34.1 Å². The zero-order chi connectivity index (χ0) is 14.5. The Morgan fingerprint density at radius 2 is 2.25 bits per heavy atom. The van der Waals surface area contributed by atoms with Crippen molar-refractivity contribution in [1.82, 2.24) is 10.3 Å². The van der Waals surface area contributed by atoms with Crippen molar-refractivity contribution in [2.45, 2.75) is 36.0 Å². The number of rotatable bonds is 6. The number of ether oxygens (including phenoxy) is 1. The second-order valence-electron chi connectivity index (χ2n) is 4.51. The Morgan fingerprint density at radius 3 is 2.85 bits per heavy atom. The van der Waals surface area contributed by atoms with Gasteiger partial charge in [-0.25, -0.2) is 4.98 Å². The Morgan fingerprint density at radius 1 is 1.45 bits per heavy atom. The largest absolute Gasteiger partial charge is 0.496 e. The van der Waals surface area contributed by atoms with E-state index in [9.17, 15) is 0 Å². The van der Waals surface area contributed by atoms with Crippen molar-refractivity contribution in [3.8, 4) is 5.75 Å². The normalized spacial score (nSPS) is 12.4. The quantitative estimate of drug-likeness (QED) is 0.863. The van der Waals surface area contributed by atoms with E-state index in [1.807, 2.05) is 19.1 Å². The SMILES string of the molecule is CCNC(C)c1c(OC)cccc1Sc1nc(C)cs1. The summed E-state index contributed by atoms with van der Waals surface area (Å²) in [6.45, 7) is 7.23. The van der Waals surface area contributed by atoms with E-state index < -0.39 is 0 Å². The van der Waals surface area contributed by atoms with Gasteiger partial charge in [-0.3, -0.25) is 0 Å². The minimum atomic E-state index is 0.250. The molecular weight excluding hydrogens is 288 g/mol. The fraction of sp³-hybridized carbons (Fsp3) is 0.400. The van der Waals surface area contributed by atoms with Gasteiger partial charge in [0.05, 0.1) is 7.11 Å². The van der Waals surface area contributed by atoms with Gasteiger partial charge in [-0.2, -0.15) is 0 Å². The third-order valence-corrected chi connectivity index (χ3v) is 5.12. The van der Waals surface area contributed by atoms with E-state index in [0.29, 0.717) is 0 Å². The Labute approximate surface area is 128 Å². The lowest BCUT2D eigenvalue weighted by Crippen LogP contribution is -2.19. The Bertz CT molecular complexity index is 569. The number of benzene rings is 1. The number of methoxy groups -OCH3 is 1. The number of nitrogens with one attached hydrogen (secondary N) is 1. The van der Waals surface area contributed by atoms with E-state index >= 15 is 0 Å². The van der Waals surface area contributed by atoms with Gasteiger partial charge in [-0.1, -0.05) is 24.8 Å². The first kappa shape index (κ1) is 15.4. The lowest BCUT2D eigenvalue weighted by Gasteiger charge is -2.19. The number of nitrogens with zero attached hydrogens (tertiary/aromatic N) is 1. The number of hydrogen-bond acceptors (Lipinski definition) is 5. The molecule has 2 aromatic rings. The van der Waals surface area contributed by atoms with E-state index in [4.69, 9.17) is 4.74 Å². The molecule has 0 bridgehead atoms. The molecular formula is C15H20N2OS2. The molecule has 0 spiro atoms. The van der Waals surface area contributed by atoms with Crippen LogP contribution in [0.3, 0.4) is 0 Å². The third kappa shape index (κ3) is 3.53. The molecule has 0 amide bonds. The van der Waals surface area contributed by atoms with Gasteiger partial charge in [0.1, 0.15) is 5.75 Å². The summed E-state index contributed by atoms with van der Waals surface area (Å²) >= 11 is 3.39. The molecule has 0 aliphatic rings. The van der Waals surface area contributed by atoms with Crippen LogP contribution in [-0.2, 0) is 0 Å². The van der Waals surface area contributed by atoms with Crippen LogP contribution in [0.4, 0.5) is 0 Å². The molecule has 3 nitrogen and oxygen atoms in total. The molecule has 0 aliphatic carbocycles. The summed E-state index contributed by atoms with van der Waals surface area (Å²) in [6, 6.07) is 6.43. The van der Waals surface area contributed by atoms with Gasteiger partial charge >= 0.3 is 0 Å². The van der Waals surface area contributed by atoms with Crippen LogP contribution >= 0.6 is 23.1 Å². The lowest BCUT2D eigenvalue weighted by molar-refractivity contribution is 0.400. The molecule has 1 atom stereocenters. The van der Waals surface area contributed by atoms with Crippen molar-refractivity contribution in [3.63, 3.8) is 0 Å². The molecule has 0 aliphatic heterocycles. The van der Waals surface area contributed by atoms with E-state index in [2.05, 4.69) is 35.6 Å². The van der Waals surface area contributed by atoms with Crippen molar-refractivity contribution < 1.29 is 4.74 Å². The standard InChI is InChI=1S/C15H20N2OS2/c1-5-16-11(3)14-12(18-4)7-6-8-13(14)20-15-17-10(2)9-19-15/h6-9,11,16H,5H2,1-4H3. The minimum absolute atomic E-state index is 0.250. The summed E-state index contributed by atoms with van der Waals surface area (Å²) < 4.78 is 6.60. The third-order valence-electron chi connectivity index (χ3n) is 2.98. The summed E-state index contributed by atoms with van der Waals surface area (Å²) in [5.74, 6) is 0.928. The van der Waals surface area contributed by atoms with Crippen LogP contribution in [-0.4, -0.2) is 18.6 Å².